The summed E-state index contributed by atoms with van der Waals surface area (Å²) in [5.41, 5.74) is 0.704. The van der Waals surface area contributed by atoms with E-state index < -0.39 is 5.41 Å². The standard InChI is InChI=1S/C14H16O2/c1-14(10-6-3-2-4-7-10)12(15)11-8-5-9-16-13(11)14/h2-4,6-7,11,13H,5,8-9H2,1H3/t11-,13-,14-/m1/s1. The number of carbonyl (C=O) groups excluding carboxylic acids is 1. The van der Waals surface area contributed by atoms with E-state index in [9.17, 15) is 4.79 Å². The Balaban J connectivity index is 1.97. The molecule has 84 valence electrons. The highest BCUT2D eigenvalue weighted by molar-refractivity contribution is 5.99. The number of benzene rings is 1. The fourth-order valence-electron chi connectivity index (χ4n) is 3.14. The monoisotopic (exact) mass is 216 g/mol. The number of hydrogen-bond donors (Lipinski definition) is 0. The molecular weight excluding hydrogens is 200 g/mol. The lowest BCUT2D eigenvalue weighted by Gasteiger charge is -2.53. The third-order valence-corrected chi connectivity index (χ3v) is 4.11. The van der Waals surface area contributed by atoms with E-state index in [1.807, 2.05) is 37.3 Å². The number of fused-ring (bicyclic) bond motifs is 1. The minimum Gasteiger partial charge on any atom is -0.376 e. The average Bonchev–Trinajstić information content (AvgIpc) is 2.38. The van der Waals surface area contributed by atoms with Crippen molar-refractivity contribution in [3.05, 3.63) is 35.9 Å². The van der Waals surface area contributed by atoms with Crippen molar-refractivity contribution >= 4 is 5.78 Å². The third-order valence-electron chi connectivity index (χ3n) is 4.11. The molecule has 16 heavy (non-hydrogen) atoms. The minimum atomic E-state index is -0.396. The van der Waals surface area contributed by atoms with Crippen LogP contribution in [0.2, 0.25) is 0 Å². The topological polar surface area (TPSA) is 26.3 Å². The van der Waals surface area contributed by atoms with Crippen molar-refractivity contribution in [3.8, 4) is 0 Å². The first-order valence-corrected chi connectivity index (χ1v) is 5.96. The second kappa shape index (κ2) is 3.42. The zero-order valence-corrected chi connectivity index (χ0v) is 9.48. The molecule has 3 rings (SSSR count). The predicted octanol–water partition coefficient (Wildman–Crippen LogP) is 2.32. The fourth-order valence-corrected chi connectivity index (χ4v) is 3.14. The van der Waals surface area contributed by atoms with Gasteiger partial charge in [-0.15, -0.1) is 0 Å². The van der Waals surface area contributed by atoms with Crippen LogP contribution in [-0.4, -0.2) is 18.5 Å². The minimum absolute atomic E-state index is 0.108. The molecule has 0 amide bonds. The van der Waals surface area contributed by atoms with Crippen LogP contribution in [0, 0.1) is 5.92 Å². The zero-order chi connectivity index (χ0) is 11.2. The van der Waals surface area contributed by atoms with E-state index in [0.29, 0.717) is 5.78 Å². The van der Waals surface area contributed by atoms with E-state index in [1.54, 1.807) is 0 Å². The first-order chi connectivity index (χ1) is 7.74. The predicted molar refractivity (Wildman–Crippen MR) is 61.3 cm³/mol. The first-order valence-electron chi connectivity index (χ1n) is 5.96. The molecule has 1 aliphatic carbocycles. The molecule has 0 N–H and O–H groups in total. The van der Waals surface area contributed by atoms with Crippen molar-refractivity contribution in [2.45, 2.75) is 31.3 Å². The second-order valence-electron chi connectivity index (χ2n) is 4.97. The lowest BCUT2D eigenvalue weighted by atomic mass is 9.54. The van der Waals surface area contributed by atoms with Gasteiger partial charge in [0.1, 0.15) is 0 Å². The van der Waals surface area contributed by atoms with Gasteiger partial charge in [0.15, 0.2) is 5.78 Å². The van der Waals surface area contributed by atoms with Gasteiger partial charge < -0.3 is 4.74 Å². The van der Waals surface area contributed by atoms with Gasteiger partial charge >= 0.3 is 0 Å². The SMILES string of the molecule is C[C@@]1(c2ccccc2)C(=O)[C@H]2CCCO[C@H]21. The van der Waals surface area contributed by atoms with Crippen molar-refractivity contribution in [3.63, 3.8) is 0 Å². The molecule has 0 spiro atoms. The van der Waals surface area contributed by atoms with Gasteiger partial charge in [0.05, 0.1) is 11.5 Å². The summed E-state index contributed by atoms with van der Waals surface area (Å²) in [6.45, 7) is 2.83. The van der Waals surface area contributed by atoms with Crippen LogP contribution >= 0.6 is 0 Å². The Morgan fingerprint density at radius 3 is 2.81 bits per heavy atom. The van der Waals surface area contributed by atoms with Crippen molar-refractivity contribution < 1.29 is 9.53 Å². The molecule has 1 heterocycles. The summed E-state index contributed by atoms with van der Waals surface area (Å²) in [4.78, 5) is 12.2. The highest BCUT2D eigenvalue weighted by atomic mass is 16.5. The summed E-state index contributed by atoms with van der Waals surface area (Å²) >= 11 is 0. The van der Waals surface area contributed by atoms with Gasteiger partial charge in [-0.1, -0.05) is 30.3 Å². The van der Waals surface area contributed by atoms with E-state index in [4.69, 9.17) is 4.74 Å². The Hall–Kier alpha value is -1.15. The molecule has 0 unspecified atom stereocenters. The van der Waals surface area contributed by atoms with Crippen molar-refractivity contribution in [1.82, 2.24) is 0 Å². The maximum absolute atomic E-state index is 12.2. The Bertz CT molecular complexity index is 412. The van der Waals surface area contributed by atoms with Crippen LogP contribution in [0.25, 0.3) is 0 Å². The average molecular weight is 216 g/mol. The van der Waals surface area contributed by atoms with Gasteiger partial charge in [0.2, 0.25) is 0 Å². The number of rotatable bonds is 1. The van der Waals surface area contributed by atoms with Crippen LogP contribution in [0.4, 0.5) is 0 Å². The third kappa shape index (κ3) is 1.14. The summed E-state index contributed by atoms with van der Waals surface area (Å²) in [6.07, 6.45) is 2.14. The van der Waals surface area contributed by atoms with E-state index in [0.717, 1.165) is 25.0 Å². The molecule has 2 aliphatic rings. The smallest absolute Gasteiger partial charge is 0.151 e. The van der Waals surface area contributed by atoms with E-state index in [2.05, 4.69) is 0 Å². The summed E-state index contributed by atoms with van der Waals surface area (Å²) < 4.78 is 5.80. The van der Waals surface area contributed by atoms with Crippen molar-refractivity contribution in [2.75, 3.05) is 6.61 Å². The highest BCUT2D eigenvalue weighted by Crippen LogP contribution is 2.49. The molecule has 0 bridgehead atoms. The number of hydrogen-bond acceptors (Lipinski definition) is 2. The van der Waals surface area contributed by atoms with Gasteiger partial charge in [-0.25, -0.2) is 0 Å². The van der Waals surface area contributed by atoms with Crippen LogP contribution in [0.1, 0.15) is 25.3 Å². The molecule has 1 aromatic rings. The van der Waals surface area contributed by atoms with Crippen LogP contribution < -0.4 is 0 Å². The summed E-state index contributed by atoms with van der Waals surface area (Å²) in [5, 5.41) is 0. The highest BCUT2D eigenvalue weighted by Gasteiger charge is 2.61. The van der Waals surface area contributed by atoms with Gasteiger partial charge in [-0.05, 0) is 25.3 Å². The van der Waals surface area contributed by atoms with Crippen LogP contribution in [0.5, 0.6) is 0 Å². The molecule has 0 aromatic heterocycles. The Labute approximate surface area is 95.6 Å². The van der Waals surface area contributed by atoms with Crippen molar-refractivity contribution in [2.24, 2.45) is 5.92 Å². The molecule has 2 heteroatoms. The molecule has 2 nitrogen and oxygen atoms in total. The second-order valence-corrected chi connectivity index (χ2v) is 4.97. The first kappa shape index (κ1) is 10.0. The maximum atomic E-state index is 12.2. The van der Waals surface area contributed by atoms with E-state index >= 15 is 0 Å². The molecule has 2 fully saturated rings. The number of Topliss-reactive ketones (excluding diaryl/α,β-unsaturated/α-hetero) is 1. The van der Waals surface area contributed by atoms with Gasteiger partial charge in [0, 0.05) is 12.5 Å². The molecule has 3 atom stereocenters. The molecular formula is C14H16O2. The van der Waals surface area contributed by atoms with E-state index in [1.165, 1.54) is 0 Å². The lowest BCUT2D eigenvalue weighted by molar-refractivity contribution is -0.172. The maximum Gasteiger partial charge on any atom is 0.151 e. The van der Waals surface area contributed by atoms with Crippen LogP contribution in [0.3, 0.4) is 0 Å². The molecule has 0 radical (unpaired) electrons. The number of ketones is 1. The van der Waals surface area contributed by atoms with Gasteiger partial charge in [-0.3, -0.25) is 4.79 Å². The van der Waals surface area contributed by atoms with Gasteiger partial charge in [-0.2, -0.15) is 0 Å². The normalized spacial score (nSPS) is 37.7. The van der Waals surface area contributed by atoms with Crippen LogP contribution in [0.15, 0.2) is 30.3 Å². The van der Waals surface area contributed by atoms with Crippen LogP contribution in [-0.2, 0) is 14.9 Å². The Morgan fingerprint density at radius 2 is 2.06 bits per heavy atom. The van der Waals surface area contributed by atoms with E-state index in [-0.39, 0.29) is 12.0 Å². The Morgan fingerprint density at radius 1 is 1.31 bits per heavy atom. The Kier molecular flexibility index (Phi) is 2.15. The quantitative estimate of drug-likeness (QED) is 0.720. The van der Waals surface area contributed by atoms with Crippen molar-refractivity contribution in [1.29, 1.82) is 0 Å². The summed E-state index contributed by atoms with van der Waals surface area (Å²) in [6, 6.07) is 10.0. The number of carbonyl (C=O) groups is 1. The molecule has 1 saturated heterocycles. The van der Waals surface area contributed by atoms with Gasteiger partial charge in [0.25, 0.3) is 0 Å². The largest absolute Gasteiger partial charge is 0.376 e. The fraction of sp³-hybridized carbons (Fsp3) is 0.500. The molecule has 1 aromatic carbocycles. The number of ether oxygens (including phenoxy) is 1. The summed E-state index contributed by atoms with van der Waals surface area (Å²) in [5.74, 6) is 0.516. The zero-order valence-electron chi connectivity index (χ0n) is 9.48. The molecule has 1 saturated carbocycles. The lowest BCUT2D eigenvalue weighted by Crippen LogP contribution is -2.65. The molecule has 1 aliphatic heterocycles. The summed E-state index contributed by atoms with van der Waals surface area (Å²) in [7, 11) is 0.